The van der Waals surface area contributed by atoms with Crippen molar-refractivity contribution in [2.24, 2.45) is 0 Å². The molecule has 0 aliphatic carbocycles. The van der Waals surface area contributed by atoms with Gasteiger partial charge >= 0.3 is 0 Å². The summed E-state index contributed by atoms with van der Waals surface area (Å²) in [5.41, 5.74) is 5.68. The molecule has 138 valence electrons. The van der Waals surface area contributed by atoms with Crippen LogP contribution in [0.4, 0.5) is 0 Å². The first-order chi connectivity index (χ1) is 12.2. The van der Waals surface area contributed by atoms with Gasteiger partial charge in [-0.1, -0.05) is 34.1 Å². The Kier molecular flexibility index (Phi) is 6.52. The number of halogens is 1. The van der Waals surface area contributed by atoms with Crippen LogP contribution in [0, 0.1) is 6.92 Å². The topological polar surface area (TPSA) is 95.6 Å². The minimum Gasteiger partial charge on any atom is -0.272 e. The van der Waals surface area contributed by atoms with Crippen LogP contribution in [-0.4, -0.2) is 38.1 Å². The van der Waals surface area contributed by atoms with Crippen molar-refractivity contribution in [3.63, 3.8) is 0 Å². The normalized spacial score (nSPS) is 11.2. The lowest BCUT2D eigenvalue weighted by atomic mass is 10.1. The molecule has 0 fully saturated rings. The van der Waals surface area contributed by atoms with Crippen LogP contribution in [0.2, 0.25) is 0 Å². The summed E-state index contributed by atoms with van der Waals surface area (Å²) in [4.78, 5) is 24.1. The van der Waals surface area contributed by atoms with Crippen molar-refractivity contribution in [3.8, 4) is 0 Å². The van der Waals surface area contributed by atoms with E-state index >= 15 is 0 Å². The predicted molar refractivity (Wildman–Crippen MR) is 101 cm³/mol. The van der Waals surface area contributed by atoms with Crippen LogP contribution >= 0.6 is 15.9 Å². The summed E-state index contributed by atoms with van der Waals surface area (Å²) in [6, 6.07) is 13.0. The molecule has 2 amide bonds. The maximum absolute atomic E-state index is 12.4. The van der Waals surface area contributed by atoms with Crippen molar-refractivity contribution in [2.75, 3.05) is 13.6 Å². The Bertz CT molecular complexity index is 914. The number of carbonyl (C=O) groups excluding carboxylic acids is 2. The third-order valence-corrected chi connectivity index (χ3v) is 5.94. The molecule has 2 rings (SSSR count). The summed E-state index contributed by atoms with van der Waals surface area (Å²) in [6.45, 7) is 1.34. The molecule has 9 heteroatoms. The predicted octanol–water partition coefficient (Wildman–Crippen LogP) is 1.84. The second-order valence-corrected chi connectivity index (χ2v) is 8.49. The molecule has 0 bridgehead atoms. The zero-order valence-corrected chi connectivity index (χ0v) is 16.6. The number of nitrogens with one attached hydrogen (secondary N) is 2. The quantitative estimate of drug-likeness (QED) is 0.694. The first-order valence-corrected chi connectivity index (χ1v) is 9.82. The highest BCUT2D eigenvalue weighted by molar-refractivity contribution is 9.10. The maximum Gasteiger partial charge on any atom is 0.269 e. The zero-order valence-electron chi connectivity index (χ0n) is 14.2. The Morgan fingerprint density at radius 3 is 2.27 bits per heavy atom. The first kappa shape index (κ1) is 20.1. The van der Waals surface area contributed by atoms with E-state index in [9.17, 15) is 18.0 Å². The van der Waals surface area contributed by atoms with Crippen molar-refractivity contribution in [1.82, 2.24) is 15.2 Å². The Morgan fingerprint density at radius 1 is 1.04 bits per heavy atom. The summed E-state index contributed by atoms with van der Waals surface area (Å²) in [5.74, 6) is -1.13. The number of benzene rings is 2. The van der Waals surface area contributed by atoms with Gasteiger partial charge in [-0.3, -0.25) is 20.4 Å². The van der Waals surface area contributed by atoms with Gasteiger partial charge in [0, 0.05) is 17.1 Å². The average Bonchev–Trinajstić information content (AvgIpc) is 2.60. The molecule has 0 spiro atoms. The second kappa shape index (κ2) is 8.43. The molecule has 0 radical (unpaired) electrons. The molecule has 2 aromatic carbocycles. The number of carbonyl (C=O) groups is 2. The lowest BCUT2D eigenvalue weighted by Gasteiger charge is -2.17. The van der Waals surface area contributed by atoms with Crippen LogP contribution in [0.3, 0.4) is 0 Å². The van der Waals surface area contributed by atoms with Gasteiger partial charge in [0.1, 0.15) is 0 Å². The van der Waals surface area contributed by atoms with Crippen molar-refractivity contribution < 1.29 is 18.0 Å². The number of likely N-dealkylation sites (N-methyl/N-ethyl adjacent to an activating group) is 1. The number of rotatable bonds is 5. The Balaban J connectivity index is 1.95. The molecule has 0 heterocycles. The van der Waals surface area contributed by atoms with Gasteiger partial charge in [-0.05, 0) is 42.8 Å². The zero-order chi connectivity index (χ0) is 19.3. The van der Waals surface area contributed by atoms with Gasteiger partial charge < -0.3 is 0 Å². The Morgan fingerprint density at radius 2 is 1.65 bits per heavy atom. The number of hydrogen-bond donors (Lipinski definition) is 2. The molecule has 0 atom stereocenters. The average molecular weight is 440 g/mol. The van der Waals surface area contributed by atoms with E-state index in [0.29, 0.717) is 5.56 Å². The molecular weight excluding hydrogens is 422 g/mol. The summed E-state index contributed by atoms with van der Waals surface area (Å²) < 4.78 is 26.5. The lowest BCUT2D eigenvalue weighted by Crippen LogP contribution is -2.46. The van der Waals surface area contributed by atoms with E-state index in [1.165, 1.54) is 19.2 Å². The third-order valence-electron chi connectivity index (χ3n) is 3.59. The fourth-order valence-electron chi connectivity index (χ4n) is 2.13. The number of nitrogens with zero attached hydrogens (tertiary/aromatic N) is 1. The van der Waals surface area contributed by atoms with Crippen molar-refractivity contribution in [2.45, 2.75) is 11.8 Å². The highest BCUT2D eigenvalue weighted by Crippen LogP contribution is 2.17. The van der Waals surface area contributed by atoms with E-state index in [1.807, 2.05) is 0 Å². The molecule has 0 saturated carbocycles. The molecule has 0 saturated heterocycles. The summed E-state index contributed by atoms with van der Waals surface area (Å²) in [6.07, 6.45) is 0. The van der Waals surface area contributed by atoms with Crippen molar-refractivity contribution in [3.05, 3.63) is 64.1 Å². The van der Waals surface area contributed by atoms with Crippen LogP contribution < -0.4 is 10.9 Å². The smallest absolute Gasteiger partial charge is 0.269 e. The molecule has 7 nitrogen and oxygen atoms in total. The van der Waals surface area contributed by atoms with E-state index in [0.717, 1.165) is 14.3 Å². The largest absolute Gasteiger partial charge is 0.272 e. The van der Waals surface area contributed by atoms with Crippen LogP contribution in [0.15, 0.2) is 57.9 Å². The van der Waals surface area contributed by atoms with E-state index in [1.54, 1.807) is 43.3 Å². The molecule has 0 aliphatic rings. The van der Waals surface area contributed by atoms with Crippen LogP contribution in [0.1, 0.15) is 15.9 Å². The number of amides is 2. The van der Waals surface area contributed by atoms with Gasteiger partial charge in [-0.25, -0.2) is 8.42 Å². The van der Waals surface area contributed by atoms with Gasteiger partial charge in [0.25, 0.3) is 11.8 Å². The Labute approximate surface area is 160 Å². The minimum atomic E-state index is -3.81. The molecule has 0 aromatic heterocycles. The van der Waals surface area contributed by atoms with Gasteiger partial charge in [0.15, 0.2) is 0 Å². The Hall–Kier alpha value is -2.23. The molecule has 0 unspecified atom stereocenters. The number of hydrogen-bond acceptors (Lipinski definition) is 4. The maximum atomic E-state index is 12.4. The van der Waals surface area contributed by atoms with E-state index in [4.69, 9.17) is 0 Å². The fraction of sp³-hybridized carbons (Fsp3) is 0.176. The summed E-state index contributed by atoms with van der Waals surface area (Å²) in [7, 11) is -2.52. The van der Waals surface area contributed by atoms with E-state index in [2.05, 4.69) is 26.8 Å². The standard InChI is InChI=1S/C17H18BrN3O4S/c1-12-5-3-4-6-15(12)17(23)20-19-16(22)11-21(2)26(24,25)14-9-7-13(18)8-10-14/h3-10H,11H2,1-2H3,(H,19,22)(H,20,23). The number of sulfonamides is 1. The van der Waals surface area contributed by atoms with Gasteiger partial charge in [0.05, 0.1) is 11.4 Å². The van der Waals surface area contributed by atoms with Crippen LogP contribution in [-0.2, 0) is 14.8 Å². The fourth-order valence-corrected chi connectivity index (χ4v) is 3.53. The summed E-state index contributed by atoms with van der Waals surface area (Å²) in [5, 5.41) is 0. The first-order valence-electron chi connectivity index (χ1n) is 7.58. The SMILES string of the molecule is Cc1ccccc1C(=O)NNC(=O)CN(C)S(=O)(=O)c1ccc(Br)cc1. The van der Waals surface area contributed by atoms with E-state index < -0.39 is 28.4 Å². The molecule has 2 N–H and O–H groups in total. The van der Waals surface area contributed by atoms with E-state index in [-0.39, 0.29) is 4.90 Å². The lowest BCUT2D eigenvalue weighted by molar-refractivity contribution is -0.121. The monoisotopic (exact) mass is 439 g/mol. The molecule has 2 aromatic rings. The molecular formula is C17H18BrN3O4S. The van der Waals surface area contributed by atoms with Gasteiger partial charge in [-0.15, -0.1) is 0 Å². The van der Waals surface area contributed by atoms with Crippen molar-refractivity contribution >= 4 is 37.8 Å². The molecule has 26 heavy (non-hydrogen) atoms. The van der Waals surface area contributed by atoms with Gasteiger partial charge in [-0.2, -0.15) is 4.31 Å². The minimum absolute atomic E-state index is 0.0694. The summed E-state index contributed by atoms with van der Waals surface area (Å²) >= 11 is 3.24. The van der Waals surface area contributed by atoms with Crippen LogP contribution in [0.5, 0.6) is 0 Å². The highest BCUT2D eigenvalue weighted by atomic mass is 79.9. The highest BCUT2D eigenvalue weighted by Gasteiger charge is 2.23. The van der Waals surface area contributed by atoms with Gasteiger partial charge in [0.2, 0.25) is 10.0 Å². The third kappa shape index (κ3) is 4.90. The number of aryl methyl sites for hydroxylation is 1. The molecule has 0 aliphatic heterocycles. The second-order valence-electron chi connectivity index (χ2n) is 5.53. The van der Waals surface area contributed by atoms with Crippen LogP contribution in [0.25, 0.3) is 0 Å². The van der Waals surface area contributed by atoms with Crippen molar-refractivity contribution in [1.29, 1.82) is 0 Å². The number of hydrazine groups is 1.